The van der Waals surface area contributed by atoms with E-state index in [1.807, 2.05) is 4.90 Å². The summed E-state index contributed by atoms with van der Waals surface area (Å²) in [6.45, 7) is 3.40. The first kappa shape index (κ1) is 36.1. The molecule has 2 fully saturated rings. The lowest BCUT2D eigenvalue weighted by atomic mass is 9.94. The summed E-state index contributed by atoms with van der Waals surface area (Å²) in [5.74, 6) is 0.200. The standard InChI is InChI=1S/C25H26Cl2F3N7O3.C8H12FN/c1-35(2)23(38)21-20(27)17-10-36(5-4-6-37(17)34-21)22-14-11-40-18(9-16(14)32-24(33-22)39-3)13-7-12(31)8-15(26)19(13)25(28,29)30;9-5-7-4-8-2-1-3-10(8)6-7/h7-8,18H,4-6,9-11,31H2,1-3H3;5,8H,1-4,6H2/b;7-5-. The van der Waals surface area contributed by atoms with Crippen molar-refractivity contribution in [3.8, 4) is 6.01 Å². The van der Waals surface area contributed by atoms with E-state index in [0.717, 1.165) is 30.9 Å². The second-order valence-corrected chi connectivity index (χ2v) is 13.8. The van der Waals surface area contributed by atoms with E-state index in [1.54, 1.807) is 18.8 Å². The zero-order valence-corrected chi connectivity index (χ0v) is 29.4. The highest BCUT2D eigenvalue weighted by atomic mass is 35.5. The Kier molecular flexibility index (Phi) is 10.5. The lowest BCUT2D eigenvalue weighted by molar-refractivity contribution is -0.139. The zero-order chi connectivity index (χ0) is 35.9. The van der Waals surface area contributed by atoms with Crippen molar-refractivity contribution in [3.63, 3.8) is 0 Å². The van der Waals surface area contributed by atoms with Crippen LogP contribution in [0.2, 0.25) is 10.0 Å². The van der Waals surface area contributed by atoms with E-state index in [0.29, 0.717) is 48.3 Å². The van der Waals surface area contributed by atoms with E-state index in [9.17, 15) is 22.4 Å². The fourth-order valence-corrected chi connectivity index (χ4v) is 7.66. The van der Waals surface area contributed by atoms with Crippen molar-refractivity contribution in [3.05, 3.63) is 67.9 Å². The highest BCUT2D eigenvalue weighted by Crippen LogP contribution is 2.45. The first-order valence-corrected chi connectivity index (χ1v) is 17.0. The molecule has 0 spiro atoms. The first-order valence-electron chi connectivity index (χ1n) is 16.2. The number of hydrogen-bond acceptors (Lipinski definition) is 9. The molecular weight excluding hydrogens is 703 g/mol. The van der Waals surface area contributed by atoms with E-state index < -0.39 is 22.9 Å². The van der Waals surface area contributed by atoms with Crippen molar-refractivity contribution in [1.82, 2.24) is 29.5 Å². The predicted molar refractivity (Wildman–Crippen MR) is 180 cm³/mol. The van der Waals surface area contributed by atoms with Gasteiger partial charge < -0.3 is 25.0 Å². The summed E-state index contributed by atoms with van der Waals surface area (Å²) in [5.41, 5.74) is 7.69. The molecule has 2 atom stereocenters. The van der Waals surface area contributed by atoms with Gasteiger partial charge in [0.25, 0.3) is 5.91 Å². The molecule has 0 aliphatic carbocycles. The third-order valence-electron chi connectivity index (χ3n) is 9.41. The van der Waals surface area contributed by atoms with Gasteiger partial charge >= 0.3 is 12.2 Å². The maximum absolute atomic E-state index is 13.9. The van der Waals surface area contributed by atoms with Crippen molar-refractivity contribution in [1.29, 1.82) is 0 Å². The van der Waals surface area contributed by atoms with Gasteiger partial charge in [0, 0.05) is 57.4 Å². The normalized spacial score (nSPS) is 21.2. The van der Waals surface area contributed by atoms with Crippen LogP contribution in [0.4, 0.5) is 29.1 Å². The van der Waals surface area contributed by atoms with Gasteiger partial charge in [0.15, 0.2) is 5.69 Å². The number of ether oxygens (including phenoxy) is 2. The Morgan fingerprint density at radius 3 is 2.58 bits per heavy atom. The Bertz CT molecular complexity index is 1790. The van der Waals surface area contributed by atoms with Crippen molar-refractivity contribution in [2.45, 2.75) is 70.1 Å². The van der Waals surface area contributed by atoms with Crippen LogP contribution < -0.4 is 15.4 Å². The molecule has 4 aliphatic rings. The van der Waals surface area contributed by atoms with Crippen LogP contribution in [0.1, 0.15) is 70.4 Å². The monoisotopic (exact) mass is 740 g/mol. The number of carbonyl (C=O) groups is 1. The quantitative estimate of drug-likeness (QED) is 0.246. The van der Waals surface area contributed by atoms with Gasteiger partial charge in [0.2, 0.25) is 0 Å². The third kappa shape index (κ3) is 7.23. The van der Waals surface area contributed by atoms with Gasteiger partial charge in [-0.2, -0.15) is 28.2 Å². The Morgan fingerprint density at radius 2 is 1.90 bits per heavy atom. The molecule has 11 nitrogen and oxygen atoms in total. The minimum Gasteiger partial charge on any atom is -0.467 e. The van der Waals surface area contributed by atoms with Gasteiger partial charge in [0.05, 0.1) is 59.7 Å². The van der Waals surface area contributed by atoms with Gasteiger partial charge in [-0.3, -0.25) is 14.4 Å². The maximum atomic E-state index is 13.9. The molecular formula is C33H38Cl2F4N8O3. The number of methoxy groups -OCH3 is 1. The predicted octanol–water partition coefficient (Wildman–Crippen LogP) is 6.22. The highest BCUT2D eigenvalue weighted by molar-refractivity contribution is 6.34. The molecule has 2 N–H and O–H groups in total. The Hall–Kier alpha value is -3.66. The average molecular weight is 742 g/mol. The summed E-state index contributed by atoms with van der Waals surface area (Å²) < 4.78 is 66.9. The fraction of sp³-hybridized carbons (Fsp3) is 0.515. The molecule has 17 heteroatoms. The van der Waals surface area contributed by atoms with Crippen molar-refractivity contribution in [2.24, 2.45) is 0 Å². The average Bonchev–Trinajstić information content (AvgIpc) is 3.71. The van der Waals surface area contributed by atoms with Crippen LogP contribution in [-0.2, 0) is 37.0 Å². The van der Waals surface area contributed by atoms with E-state index in [1.165, 1.54) is 37.5 Å². The second-order valence-electron chi connectivity index (χ2n) is 13.0. The van der Waals surface area contributed by atoms with Crippen LogP contribution >= 0.6 is 23.2 Å². The number of rotatable bonds is 4. The summed E-state index contributed by atoms with van der Waals surface area (Å²) >= 11 is 12.6. The topological polar surface area (TPSA) is 115 Å². The van der Waals surface area contributed by atoms with E-state index in [2.05, 4.69) is 20.0 Å². The van der Waals surface area contributed by atoms with Crippen LogP contribution in [0, 0.1) is 0 Å². The van der Waals surface area contributed by atoms with E-state index in [-0.39, 0.29) is 53.5 Å². The number of carbonyl (C=O) groups excluding carboxylic acids is 1. The fourth-order valence-electron chi connectivity index (χ4n) is 7.04. The summed E-state index contributed by atoms with van der Waals surface area (Å²) in [6, 6.07) is 3.04. The van der Waals surface area contributed by atoms with Crippen LogP contribution in [0.5, 0.6) is 6.01 Å². The summed E-state index contributed by atoms with van der Waals surface area (Å²) in [4.78, 5) is 27.4. The first-order chi connectivity index (χ1) is 23.8. The lowest BCUT2D eigenvalue weighted by Crippen LogP contribution is -2.29. The van der Waals surface area contributed by atoms with Crippen LogP contribution in [0.25, 0.3) is 0 Å². The van der Waals surface area contributed by atoms with Gasteiger partial charge in [-0.25, -0.2) is 4.39 Å². The number of halogens is 6. The number of nitrogens with zero attached hydrogens (tertiary/aromatic N) is 7. The number of nitrogens with two attached hydrogens (primary N) is 1. The minimum atomic E-state index is -4.71. The third-order valence-corrected chi connectivity index (χ3v) is 10.1. The highest BCUT2D eigenvalue weighted by Gasteiger charge is 2.40. The van der Waals surface area contributed by atoms with Crippen LogP contribution in [0.15, 0.2) is 24.0 Å². The number of alkyl halides is 3. The maximum Gasteiger partial charge on any atom is 0.418 e. The number of nitrogen functional groups attached to an aromatic ring is 1. The molecule has 4 aliphatic heterocycles. The van der Waals surface area contributed by atoms with Crippen molar-refractivity contribution >= 4 is 40.6 Å². The van der Waals surface area contributed by atoms with Crippen molar-refractivity contribution < 1.29 is 31.8 Å². The Labute approximate surface area is 296 Å². The number of fused-ring (bicyclic) bond motifs is 3. The summed E-state index contributed by atoms with van der Waals surface area (Å²) in [6.07, 6.45) is -0.673. The molecule has 0 radical (unpaired) electrons. The van der Waals surface area contributed by atoms with Crippen molar-refractivity contribution in [2.75, 3.05) is 51.5 Å². The van der Waals surface area contributed by atoms with Gasteiger partial charge in [-0.05, 0) is 55.5 Å². The molecule has 7 rings (SSSR count). The van der Waals surface area contributed by atoms with E-state index in [4.69, 9.17) is 38.4 Å². The zero-order valence-electron chi connectivity index (χ0n) is 27.9. The lowest BCUT2D eigenvalue weighted by Gasteiger charge is -2.31. The molecule has 50 heavy (non-hydrogen) atoms. The number of aryl methyl sites for hydroxylation is 1. The minimum absolute atomic E-state index is 0.0120. The molecule has 2 aromatic heterocycles. The molecule has 3 aromatic rings. The number of anilines is 2. The molecule has 2 saturated heterocycles. The van der Waals surface area contributed by atoms with Crippen LogP contribution in [0.3, 0.4) is 0 Å². The summed E-state index contributed by atoms with van der Waals surface area (Å²) in [5, 5.41) is 4.20. The number of aromatic nitrogens is 4. The SMILES string of the molecule is COc1nc2c(c(N3CCCn4nc(C(=O)N(C)C)c(Cl)c4C3)n1)COC(c1cc(N)cc(Cl)c1C(F)(F)F)C2.F/C=C1/CC2CCCN2C1. The Morgan fingerprint density at radius 1 is 1.12 bits per heavy atom. The Balaban J connectivity index is 0.000000367. The molecule has 6 heterocycles. The van der Waals surface area contributed by atoms with E-state index >= 15 is 0 Å². The number of hydrogen-bond donors (Lipinski definition) is 1. The smallest absolute Gasteiger partial charge is 0.418 e. The van der Waals surface area contributed by atoms with Gasteiger partial charge in [-0.15, -0.1) is 0 Å². The second kappa shape index (κ2) is 14.5. The van der Waals surface area contributed by atoms with Gasteiger partial charge in [0.1, 0.15) is 5.82 Å². The number of amides is 1. The largest absolute Gasteiger partial charge is 0.467 e. The molecule has 2 unspecified atom stereocenters. The molecule has 0 bridgehead atoms. The van der Waals surface area contributed by atoms with Crippen LogP contribution in [-0.4, -0.2) is 82.3 Å². The van der Waals surface area contributed by atoms with Gasteiger partial charge in [-0.1, -0.05) is 23.2 Å². The molecule has 0 saturated carbocycles. The summed E-state index contributed by atoms with van der Waals surface area (Å²) in [7, 11) is 4.66. The molecule has 1 amide bonds. The molecule has 1 aromatic carbocycles. The molecule has 270 valence electrons. The number of benzene rings is 1.